The molecule has 2 saturated carbocycles. The number of hydrogen-bond donors (Lipinski definition) is 1. The van der Waals surface area contributed by atoms with E-state index in [0.717, 1.165) is 25.7 Å². The van der Waals surface area contributed by atoms with E-state index in [2.05, 4.69) is 22.7 Å². The van der Waals surface area contributed by atoms with Crippen LogP contribution in [0.25, 0.3) is 0 Å². The first-order valence-corrected chi connectivity index (χ1v) is 6.87. The van der Waals surface area contributed by atoms with Crippen LogP contribution in [0.1, 0.15) is 44.9 Å². The summed E-state index contributed by atoms with van der Waals surface area (Å²) < 4.78 is 0. The van der Waals surface area contributed by atoms with E-state index in [-0.39, 0.29) is 11.8 Å². The molecular formula is C14H20N2O. The first-order chi connectivity index (χ1) is 8.34. The minimum Gasteiger partial charge on any atom is -0.273 e. The summed E-state index contributed by atoms with van der Waals surface area (Å²) >= 11 is 0. The van der Waals surface area contributed by atoms with Gasteiger partial charge in [-0.3, -0.25) is 4.79 Å². The highest BCUT2D eigenvalue weighted by atomic mass is 16.2. The Balaban J connectivity index is 1.50. The fourth-order valence-electron chi connectivity index (χ4n) is 3.25. The van der Waals surface area contributed by atoms with Crippen molar-refractivity contribution in [3.05, 3.63) is 12.2 Å². The minimum absolute atomic E-state index is 0.145. The Morgan fingerprint density at radius 1 is 1.29 bits per heavy atom. The Kier molecular flexibility index (Phi) is 3.00. The number of carbonyl (C=O) groups is 1. The van der Waals surface area contributed by atoms with E-state index in [1.54, 1.807) is 0 Å². The Labute approximate surface area is 102 Å². The summed E-state index contributed by atoms with van der Waals surface area (Å²) in [6, 6.07) is 0. The average Bonchev–Trinajstić information content (AvgIpc) is 2.72. The predicted molar refractivity (Wildman–Crippen MR) is 67.5 cm³/mol. The van der Waals surface area contributed by atoms with Crippen LogP contribution >= 0.6 is 0 Å². The molecule has 0 spiro atoms. The molecule has 0 bridgehead atoms. The number of nitrogens with one attached hydrogen (secondary N) is 1. The van der Waals surface area contributed by atoms with E-state index >= 15 is 0 Å². The lowest BCUT2D eigenvalue weighted by Crippen LogP contribution is -2.37. The molecule has 17 heavy (non-hydrogen) atoms. The van der Waals surface area contributed by atoms with Crippen molar-refractivity contribution in [1.29, 1.82) is 0 Å². The molecule has 3 rings (SSSR count). The highest BCUT2D eigenvalue weighted by Crippen LogP contribution is 2.40. The number of fused-ring (bicyclic) bond motifs is 1. The Morgan fingerprint density at radius 2 is 2.12 bits per heavy atom. The van der Waals surface area contributed by atoms with Crippen molar-refractivity contribution in [2.45, 2.75) is 44.9 Å². The summed E-state index contributed by atoms with van der Waals surface area (Å²) in [5.41, 5.74) is 3.99. The van der Waals surface area contributed by atoms with Crippen LogP contribution in [-0.4, -0.2) is 11.6 Å². The zero-order chi connectivity index (χ0) is 11.7. The quantitative estimate of drug-likeness (QED) is 0.577. The molecule has 0 aliphatic heterocycles. The lowest BCUT2D eigenvalue weighted by Gasteiger charge is -2.32. The summed E-state index contributed by atoms with van der Waals surface area (Å²) in [6.45, 7) is 0. The fraction of sp³-hybridized carbons (Fsp3) is 0.714. The molecule has 0 saturated heterocycles. The first kappa shape index (κ1) is 11.0. The van der Waals surface area contributed by atoms with Gasteiger partial charge in [-0.1, -0.05) is 31.4 Å². The molecule has 1 amide bonds. The third kappa shape index (κ3) is 2.15. The second kappa shape index (κ2) is 4.63. The van der Waals surface area contributed by atoms with Crippen molar-refractivity contribution in [3.63, 3.8) is 0 Å². The number of carbonyl (C=O) groups excluding carboxylic acids is 1. The van der Waals surface area contributed by atoms with E-state index in [1.807, 2.05) is 0 Å². The van der Waals surface area contributed by atoms with Crippen molar-refractivity contribution in [2.75, 3.05) is 0 Å². The molecule has 3 nitrogen and oxygen atoms in total. The van der Waals surface area contributed by atoms with Gasteiger partial charge in [-0.05, 0) is 31.6 Å². The lowest BCUT2D eigenvalue weighted by atomic mass is 9.74. The van der Waals surface area contributed by atoms with Gasteiger partial charge in [-0.25, -0.2) is 5.43 Å². The van der Waals surface area contributed by atoms with Gasteiger partial charge in [0.15, 0.2) is 0 Å². The van der Waals surface area contributed by atoms with Gasteiger partial charge in [0, 0.05) is 17.5 Å². The maximum absolute atomic E-state index is 11.9. The topological polar surface area (TPSA) is 41.5 Å². The molecule has 2 atom stereocenters. The monoisotopic (exact) mass is 232 g/mol. The van der Waals surface area contributed by atoms with Gasteiger partial charge in [0.1, 0.15) is 0 Å². The summed E-state index contributed by atoms with van der Waals surface area (Å²) in [5.74, 6) is 1.67. The molecule has 0 aromatic rings. The van der Waals surface area contributed by atoms with Crippen LogP contribution in [0.3, 0.4) is 0 Å². The van der Waals surface area contributed by atoms with Crippen LogP contribution in [0.4, 0.5) is 0 Å². The molecule has 1 N–H and O–H groups in total. The van der Waals surface area contributed by atoms with Crippen LogP contribution < -0.4 is 5.43 Å². The molecule has 3 aliphatic rings. The lowest BCUT2D eigenvalue weighted by molar-refractivity contribution is -0.125. The van der Waals surface area contributed by atoms with Gasteiger partial charge < -0.3 is 0 Å². The smallest absolute Gasteiger partial charge is 0.243 e. The van der Waals surface area contributed by atoms with Crippen molar-refractivity contribution < 1.29 is 4.79 Å². The first-order valence-electron chi connectivity index (χ1n) is 6.87. The largest absolute Gasteiger partial charge is 0.273 e. The molecule has 0 aromatic heterocycles. The average molecular weight is 232 g/mol. The second-order valence-corrected chi connectivity index (χ2v) is 5.55. The summed E-state index contributed by atoms with van der Waals surface area (Å²) in [5, 5.41) is 4.32. The van der Waals surface area contributed by atoms with Crippen molar-refractivity contribution in [3.8, 4) is 0 Å². The number of hydrazone groups is 1. The standard InChI is InChI=1S/C14H20N2O/c17-14(10-5-2-1-3-6-10)16-15-13-9-11-7-4-8-12(11)13/h4,7,10-12H,1-3,5-6,8-9H2,(H,16,17)/b15-13+/t11-,12-/m1/s1. The molecule has 0 aromatic carbocycles. The summed E-state index contributed by atoms with van der Waals surface area (Å²) in [4.78, 5) is 11.9. The molecule has 92 valence electrons. The van der Waals surface area contributed by atoms with Crippen LogP contribution in [0.5, 0.6) is 0 Å². The van der Waals surface area contributed by atoms with Gasteiger partial charge >= 0.3 is 0 Å². The molecule has 0 radical (unpaired) electrons. The Hall–Kier alpha value is -1.12. The van der Waals surface area contributed by atoms with Gasteiger partial charge in [-0.2, -0.15) is 5.10 Å². The molecule has 3 heteroatoms. The highest BCUT2D eigenvalue weighted by Gasteiger charge is 2.38. The number of hydrogen-bond acceptors (Lipinski definition) is 2. The highest BCUT2D eigenvalue weighted by molar-refractivity contribution is 5.95. The van der Waals surface area contributed by atoms with Crippen LogP contribution in [-0.2, 0) is 4.79 Å². The number of nitrogens with zero attached hydrogens (tertiary/aromatic N) is 1. The zero-order valence-electron chi connectivity index (χ0n) is 10.2. The molecule has 2 fully saturated rings. The summed E-state index contributed by atoms with van der Waals surface area (Å²) in [7, 11) is 0. The van der Waals surface area contributed by atoms with E-state index < -0.39 is 0 Å². The van der Waals surface area contributed by atoms with Crippen LogP contribution in [0.15, 0.2) is 17.3 Å². The number of allylic oxidation sites excluding steroid dienone is 2. The fourth-order valence-corrected chi connectivity index (χ4v) is 3.25. The third-order valence-corrected chi connectivity index (χ3v) is 4.45. The van der Waals surface area contributed by atoms with Crippen molar-refractivity contribution in [1.82, 2.24) is 5.43 Å². The number of rotatable bonds is 2. The maximum atomic E-state index is 11.9. The minimum atomic E-state index is 0.145. The van der Waals surface area contributed by atoms with Gasteiger partial charge in [-0.15, -0.1) is 0 Å². The Bertz CT molecular complexity index is 366. The van der Waals surface area contributed by atoms with Gasteiger partial charge in [0.05, 0.1) is 0 Å². The molecule has 3 aliphatic carbocycles. The van der Waals surface area contributed by atoms with Gasteiger partial charge in [0.2, 0.25) is 5.91 Å². The summed E-state index contributed by atoms with van der Waals surface area (Å²) in [6.07, 6.45) is 12.5. The van der Waals surface area contributed by atoms with Crippen LogP contribution in [0, 0.1) is 17.8 Å². The third-order valence-electron chi connectivity index (χ3n) is 4.45. The van der Waals surface area contributed by atoms with E-state index in [9.17, 15) is 4.79 Å². The van der Waals surface area contributed by atoms with E-state index in [4.69, 9.17) is 0 Å². The van der Waals surface area contributed by atoms with Gasteiger partial charge in [0.25, 0.3) is 0 Å². The molecule has 0 unspecified atom stereocenters. The van der Waals surface area contributed by atoms with Crippen molar-refractivity contribution >= 4 is 11.6 Å². The van der Waals surface area contributed by atoms with Crippen LogP contribution in [0.2, 0.25) is 0 Å². The number of amides is 1. The van der Waals surface area contributed by atoms with Crippen molar-refractivity contribution in [2.24, 2.45) is 22.9 Å². The van der Waals surface area contributed by atoms with E-state index in [0.29, 0.717) is 11.8 Å². The normalized spacial score (nSPS) is 34.5. The second-order valence-electron chi connectivity index (χ2n) is 5.55. The predicted octanol–water partition coefficient (Wildman–Crippen LogP) is 2.63. The molecule has 0 heterocycles. The SMILES string of the molecule is O=C(N/N=C1\C[C@H]2C=CC[C@@H]12)C1CCCCC1. The van der Waals surface area contributed by atoms with E-state index in [1.165, 1.54) is 25.0 Å². The molecular weight excluding hydrogens is 212 g/mol. The Morgan fingerprint density at radius 3 is 2.88 bits per heavy atom. The maximum Gasteiger partial charge on any atom is 0.243 e. The zero-order valence-corrected chi connectivity index (χ0v) is 10.2.